The summed E-state index contributed by atoms with van der Waals surface area (Å²) in [4.78, 5) is 26.4. The summed E-state index contributed by atoms with van der Waals surface area (Å²) in [6.07, 6.45) is 1.73. The van der Waals surface area contributed by atoms with Gasteiger partial charge >= 0.3 is 0 Å². The first-order valence-electron chi connectivity index (χ1n) is 8.09. The minimum absolute atomic E-state index is 0.0965. The van der Waals surface area contributed by atoms with Crippen molar-refractivity contribution in [1.29, 1.82) is 0 Å². The minimum Gasteiger partial charge on any atom is -0.353 e. The third kappa shape index (κ3) is 3.96. The first-order chi connectivity index (χ1) is 9.79. The van der Waals surface area contributed by atoms with Crippen LogP contribution in [0.2, 0.25) is 0 Å². The van der Waals surface area contributed by atoms with E-state index in [4.69, 9.17) is 0 Å². The Bertz CT molecular complexity index is 395. The Morgan fingerprint density at radius 1 is 1.14 bits per heavy atom. The van der Waals surface area contributed by atoms with Gasteiger partial charge in [-0.25, -0.2) is 0 Å². The molecule has 0 spiro atoms. The minimum atomic E-state index is -0.318. The molecule has 2 fully saturated rings. The molecule has 2 heterocycles. The van der Waals surface area contributed by atoms with Crippen molar-refractivity contribution in [2.75, 3.05) is 26.2 Å². The van der Waals surface area contributed by atoms with Gasteiger partial charge in [0.2, 0.25) is 11.8 Å². The van der Waals surface area contributed by atoms with E-state index in [0.717, 1.165) is 39.0 Å². The summed E-state index contributed by atoms with van der Waals surface area (Å²) < 4.78 is 0. The van der Waals surface area contributed by atoms with Crippen LogP contribution in [0.4, 0.5) is 0 Å². The molecule has 2 rings (SSSR count). The molecule has 120 valence electrons. The van der Waals surface area contributed by atoms with Crippen LogP contribution < -0.4 is 10.6 Å². The molecule has 5 nitrogen and oxygen atoms in total. The lowest BCUT2D eigenvalue weighted by Gasteiger charge is -2.36. The van der Waals surface area contributed by atoms with E-state index >= 15 is 0 Å². The fraction of sp³-hybridized carbons (Fsp3) is 0.875. The second-order valence-corrected chi connectivity index (χ2v) is 7.57. The highest BCUT2D eigenvalue weighted by Crippen LogP contribution is 2.22. The van der Waals surface area contributed by atoms with Crippen molar-refractivity contribution in [2.24, 2.45) is 17.3 Å². The van der Waals surface area contributed by atoms with Gasteiger partial charge in [-0.3, -0.25) is 9.59 Å². The molecule has 0 bridgehead atoms. The topological polar surface area (TPSA) is 61.4 Å². The molecule has 0 aromatic carbocycles. The monoisotopic (exact) mass is 295 g/mol. The number of likely N-dealkylation sites (tertiary alicyclic amines) is 1. The average molecular weight is 295 g/mol. The highest BCUT2D eigenvalue weighted by molar-refractivity contribution is 5.82. The van der Waals surface area contributed by atoms with Gasteiger partial charge in [-0.2, -0.15) is 0 Å². The van der Waals surface area contributed by atoms with Crippen molar-refractivity contribution in [2.45, 2.75) is 46.6 Å². The number of rotatable bonds is 2. The van der Waals surface area contributed by atoms with E-state index in [1.165, 1.54) is 0 Å². The van der Waals surface area contributed by atoms with Crippen LogP contribution in [0, 0.1) is 17.3 Å². The van der Waals surface area contributed by atoms with Crippen LogP contribution >= 0.6 is 0 Å². The van der Waals surface area contributed by atoms with E-state index in [-0.39, 0.29) is 29.2 Å². The number of piperidine rings is 1. The van der Waals surface area contributed by atoms with E-state index in [2.05, 4.69) is 17.6 Å². The summed E-state index contributed by atoms with van der Waals surface area (Å²) in [6.45, 7) is 11.2. The van der Waals surface area contributed by atoms with Crippen molar-refractivity contribution >= 4 is 11.8 Å². The fourth-order valence-electron chi connectivity index (χ4n) is 3.17. The maximum Gasteiger partial charge on any atom is 0.227 e. The number of carbonyl (C=O) groups is 2. The Hall–Kier alpha value is -1.10. The van der Waals surface area contributed by atoms with Gasteiger partial charge in [0.15, 0.2) is 0 Å². The first-order valence-corrected chi connectivity index (χ1v) is 8.09. The van der Waals surface area contributed by atoms with Crippen molar-refractivity contribution < 1.29 is 9.59 Å². The Balaban J connectivity index is 1.79. The molecule has 0 radical (unpaired) electrons. The van der Waals surface area contributed by atoms with Gasteiger partial charge in [0.05, 0.1) is 5.92 Å². The fourth-order valence-corrected chi connectivity index (χ4v) is 3.17. The van der Waals surface area contributed by atoms with Gasteiger partial charge < -0.3 is 15.5 Å². The summed E-state index contributed by atoms with van der Waals surface area (Å²) in [5, 5.41) is 6.44. The maximum absolute atomic E-state index is 12.3. The molecule has 2 amide bonds. The molecule has 21 heavy (non-hydrogen) atoms. The summed E-state index contributed by atoms with van der Waals surface area (Å²) in [6, 6.07) is 0.217. The van der Waals surface area contributed by atoms with Crippen molar-refractivity contribution in [3.63, 3.8) is 0 Å². The third-order valence-corrected chi connectivity index (χ3v) is 4.62. The lowest BCUT2D eigenvalue weighted by atomic mass is 9.92. The molecule has 2 unspecified atom stereocenters. The smallest absolute Gasteiger partial charge is 0.227 e. The third-order valence-electron chi connectivity index (χ3n) is 4.62. The van der Waals surface area contributed by atoms with Crippen LogP contribution in [0.15, 0.2) is 0 Å². The van der Waals surface area contributed by atoms with Gasteiger partial charge in [0, 0.05) is 31.1 Å². The second kappa shape index (κ2) is 6.34. The quantitative estimate of drug-likeness (QED) is 0.799. The predicted octanol–water partition coefficient (Wildman–Crippen LogP) is 0.995. The summed E-state index contributed by atoms with van der Waals surface area (Å²) in [7, 11) is 0. The van der Waals surface area contributed by atoms with E-state index in [9.17, 15) is 9.59 Å². The van der Waals surface area contributed by atoms with E-state index in [1.54, 1.807) is 0 Å². The molecule has 0 saturated carbocycles. The van der Waals surface area contributed by atoms with Crippen LogP contribution in [0.5, 0.6) is 0 Å². The zero-order chi connectivity index (χ0) is 15.6. The zero-order valence-electron chi connectivity index (χ0n) is 13.7. The van der Waals surface area contributed by atoms with Gasteiger partial charge in [-0.05, 0) is 25.3 Å². The summed E-state index contributed by atoms with van der Waals surface area (Å²) >= 11 is 0. The average Bonchev–Trinajstić information content (AvgIpc) is 2.84. The Morgan fingerprint density at radius 2 is 1.76 bits per heavy atom. The second-order valence-electron chi connectivity index (χ2n) is 7.57. The molecule has 2 N–H and O–H groups in total. The summed E-state index contributed by atoms with van der Waals surface area (Å²) in [5.74, 6) is 0.890. The van der Waals surface area contributed by atoms with Gasteiger partial charge in [0.1, 0.15) is 0 Å². The van der Waals surface area contributed by atoms with Crippen molar-refractivity contribution in [3.05, 3.63) is 0 Å². The molecule has 0 aromatic heterocycles. The van der Waals surface area contributed by atoms with Crippen LogP contribution in [0.3, 0.4) is 0 Å². The number of hydrogen-bond acceptors (Lipinski definition) is 3. The van der Waals surface area contributed by atoms with Gasteiger partial charge in [-0.15, -0.1) is 0 Å². The Morgan fingerprint density at radius 3 is 2.24 bits per heavy atom. The number of amides is 2. The summed E-state index contributed by atoms with van der Waals surface area (Å²) in [5.41, 5.74) is -0.318. The number of nitrogens with zero attached hydrogens (tertiary/aromatic N) is 1. The number of hydrogen-bond donors (Lipinski definition) is 2. The van der Waals surface area contributed by atoms with Crippen LogP contribution in [0.1, 0.15) is 40.5 Å². The normalized spacial score (nSPS) is 27.7. The van der Waals surface area contributed by atoms with Crippen molar-refractivity contribution in [1.82, 2.24) is 15.5 Å². The highest BCUT2D eigenvalue weighted by atomic mass is 16.2. The van der Waals surface area contributed by atoms with Crippen LogP contribution in [-0.4, -0.2) is 48.9 Å². The van der Waals surface area contributed by atoms with E-state index in [0.29, 0.717) is 5.92 Å². The Kier molecular flexibility index (Phi) is 4.91. The molecule has 0 aromatic rings. The zero-order valence-corrected chi connectivity index (χ0v) is 13.7. The lowest BCUT2D eigenvalue weighted by molar-refractivity contribution is -0.140. The van der Waals surface area contributed by atoms with E-state index in [1.807, 2.05) is 25.7 Å². The molecule has 2 atom stereocenters. The first kappa shape index (κ1) is 16.3. The molecular weight excluding hydrogens is 266 g/mol. The predicted molar refractivity (Wildman–Crippen MR) is 82.7 cm³/mol. The number of nitrogens with one attached hydrogen (secondary N) is 2. The van der Waals surface area contributed by atoms with Crippen LogP contribution in [-0.2, 0) is 9.59 Å². The van der Waals surface area contributed by atoms with E-state index < -0.39 is 0 Å². The molecule has 2 aliphatic rings. The van der Waals surface area contributed by atoms with Gasteiger partial charge in [-0.1, -0.05) is 27.7 Å². The van der Waals surface area contributed by atoms with Crippen molar-refractivity contribution in [3.8, 4) is 0 Å². The molecule has 0 aliphatic carbocycles. The number of carbonyl (C=O) groups excluding carboxylic acids is 2. The standard InChI is InChI=1S/C16H29N3O2/c1-11-9-17-10-13(11)14(20)18-12-5-7-19(8-6-12)15(21)16(2,3)4/h11-13,17H,5-10H2,1-4H3,(H,18,20). The molecular formula is C16H29N3O2. The van der Waals surface area contributed by atoms with Crippen LogP contribution in [0.25, 0.3) is 0 Å². The Labute approximate surface area is 127 Å². The largest absolute Gasteiger partial charge is 0.353 e. The SMILES string of the molecule is CC1CNCC1C(=O)NC1CCN(C(=O)C(C)(C)C)CC1. The molecule has 2 aliphatic heterocycles. The molecule has 2 saturated heterocycles. The van der Waals surface area contributed by atoms with Gasteiger partial charge in [0.25, 0.3) is 0 Å². The molecule has 5 heteroatoms. The maximum atomic E-state index is 12.3. The lowest BCUT2D eigenvalue weighted by Crippen LogP contribution is -2.50. The highest BCUT2D eigenvalue weighted by Gasteiger charge is 2.33.